The zero-order chi connectivity index (χ0) is 19.1. The van der Waals surface area contributed by atoms with Crippen LogP contribution >= 0.6 is 0 Å². The standard InChI is InChI=1S/C19H22N6O2/c1-12-16(9-20-23(12)3)18-22-21-17-11-24(19(26)13(2)25(17)18)10-14-5-7-15(27-4)8-6-14/h5-9,13H,10-11H2,1-4H3/t13-/m0/s1. The maximum Gasteiger partial charge on any atom is 0.246 e. The van der Waals surface area contributed by atoms with Crippen LogP contribution in [0.2, 0.25) is 0 Å². The third-order valence-electron chi connectivity index (χ3n) is 5.16. The summed E-state index contributed by atoms with van der Waals surface area (Å²) in [5.41, 5.74) is 2.94. The van der Waals surface area contributed by atoms with Gasteiger partial charge < -0.3 is 9.64 Å². The molecule has 0 saturated heterocycles. The van der Waals surface area contributed by atoms with E-state index in [0.717, 1.165) is 28.4 Å². The largest absolute Gasteiger partial charge is 0.497 e. The molecule has 0 bridgehead atoms. The zero-order valence-electron chi connectivity index (χ0n) is 15.9. The monoisotopic (exact) mass is 366 g/mol. The Kier molecular flexibility index (Phi) is 4.18. The number of aryl methyl sites for hydroxylation is 1. The molecule has 8 nitrogen and oxygen atoms in total. The van der Waals surface area contributed by atoms with Crippen molar-refractivity contribution < 1.29 is 9.53 Å². The van der Waals surface area contributed by atoms with Gasteiger partial charge in [0.2, 0.25) is 5.91 Å². The lowest BCUT2D eigenvalue weighted by atomic mass is 10.1. The summed E-state index contributed by atoms with van der Waals surface area (Å²) in [6, 6.07) is 7.38. The first-order valence-corrected chi connectivity index (χ1v) is 8.84. The second-order valence-corrected chi connectivity index (χ2v) is 6.80. The average molecular weight is 366 g/mol. The normalized spacial score (nSPS) is 16.5. The fourth-order valence-corrected chi connectivity index (χ4v) is 3.45. The van der Waals surface area contributed by atoms with Crippen molar-refractivity contribution >= 4 is 5.91 Å². The molecule has 0 aliphatic carbocycles. The summed E-state index contributed by atoms with van der Waals surface area (Å²) in [5, 5.41) is 13.0. The molecule has 1 aliphatic rings. The highest BCUT2D eigenvalue weighted by Crippen LogP contribution is 2.30. The van der Waals surface area contributed by atoms with Crippen LogP contribution in [-0.4, -0.2) is 42.5 Å². The van der Waals surface area contributed by atoms with Crippen molar-refractivity contribution in [2.45, 2.75) is 33.0 Å². The van der Waals surface area contributed by atoms with Crippen LogP contribution in [0.25, 0.3) is 11.4 Å². The summed E-state index contributed by atoms with van der Waals surface area (Å²) in [6.45, 7) is 4.84. The molecular weight excluding hydrogens is 344 g/mol. The molecule has 3 aromatic rings. The predicted molar refractivity (Wildman–Crippen MR) is 98.9 cm³/mol. The summed E-state index contributed by atoms with van der Waals surface area (Å²) in [4.78, 5) is 14.8. The number of carbonyl (C=O) groups excluding carboxylic acids is 1. The lowest BCUT2D eigenvalue weighted by Crippen LogP contribution is -2.41. The molecule has 1 aliphatic heterocycles. The van der Waals surface area contributed by atoms with Crippen LogP contribution < -0.4 is 4.74 Å². The fourth-order valence-electron chi connectivity index (χ4n) is 3.45. The third kappa shape index (κ3) is 2.87. The van der Waals surface area contributed by atoms with Crippen LogP contribution in [0.3, 0.4) is 0 Å². The van der Waals surface area contributed by atoms with Crippen molar-refractivity contribution in [3.8, 4) is 17.1 Å². The smallest absolute Gasteiger partial charge is 0.246 e. The molecule has 0 N–H and O–H groups in total. The van der Waals surface area contributed by atoms with Gasteiger partial charge in [-0.05, 0) is 31.5 Å². The molecule has 1 atom stereocenters. The number of rotatable bonds is 4. The fraction of sp³-hybridized carbons (Fsp3) is 0.368. The Balaban J connectivity index is 1.63. The summed E-state index contributed by atoms with van der Waals surface area (Å²) < 4.78 is 8.91. The molecule has 2 aromatic heterocycles. The minimum Gasteiger partial charge on any atom is -0.497 e. The first kappa shape index (κ1) is 17.3. The summed E-state index contributed by atoms with van der Waals surface area (Å²) in [5.74, 6) is 2.34. The molecule has 8 heteroatoms. The molecule has 0 fully saturated rings. The Labute approximate surface area is 157 Å². The quantitative estimate of drug-likeness (QED) is 0.707. The number of hydrogen-bond donors (Lipinski definition) is 0. The van der Waals surface area contributed by atoms with Crippen LogP contribution in [0, 0.1) is 6.92 Å². The van der Waals surface area contributed by atoms with Crippen LogP contribution in [-0.2, 0) is 24.9 Å². The van der Waals surface area contributed by atoms with Crippen molar-refractivity contribution in [2.24, 2.45) is 7.05 Å². The Morgan fingerprint density at radius 2 is 1.96 bits per heavy atom. The van der Waals surface area contributed by atoms with Crippen LogP contribution in [0.1, 0.15) is 30.0 Å². The Bertz CT molecular complexity index is 988. The van der Waals surface area contributed by atoms with Gasteiger partial charge in [-0.15, -0.1) is 10.2 Å². The van der Waals surface area contributed by atoms with E-state index in [0.29, 0.717) is 18.9 Å². The lowest BCUT2D eigenvalue weighted by Gasteiger charge is -2.32. The number of fused-ring (bicyclic) bond motifs is 1. The number of nitrogens with zero attached hydrogens (tertiary/aromatic N) is 6. The molecule has 0 radical (unpaired) electrons. The maximum absolute atomic E-state index is 13.0. The predicted octanol–water partition coefficient (Wildman–Crippen LogP) is 2.10. The second-order valence-electron chi connectivity index (χ2n) is 6.80. The first-order chi connectivity index (χ1) is 13.0. The molecule has 0 saturated carbocycles. The highest BCUT2D eigenvalue weighted by atomic mass is 16.5. The number of benzene rings is 1. The molecule has 1 amide bonds. The highest BCUT2D eigenvalue weighted by Gasteiger charge is 2.34. The minimum absolute atomic E-state index is 0.0564. The highest BCUT2D eigenvalue weighted by molar-refractivity contribution is 5.82. The summed E-state index contributed by atoms with van der Waals surface area (Å²) >= 11 is 0. The third-order valence-corrected chi connectivity index (χ3v) is 5.16. The van der Waals surface area contributed by atoms with Gasteiger partial charge in [-0.25, -0.2) is 0 Å². The van der Waals surface area contributed by atoms with Gasteiger partial charge in [-0.2, -0.15) is 5.10 Å². The minimum atomic E-state index is -0.364. The van der Waals surface area contributed by atoms with E-state index < -0.39 is 0 Å². The van der Waals surface area contributed by atoms with E-state index in [1.54, 1.807) is 18.0 Å². The van der Waals surface area contributed by atoms with E-state index in [9.17, 15) is 4.79 Å². The van der Waals surface area contributed by atoms with Crippen molar-refractivity contribution in [3.63, 3.8) is 0 Å². The molecule has 0 spiro atoms. The van der Waals surface area contributed by atoms with Gasteiger partial charge in [0.15, 0.2) is 11.6 Å². The van der Waals surface area contributed by atoms with Crippen LogP contribution in [0.5, 0.6) is 5.75 Å². The van der Waals surface area contributed by atoms with Gasteiger partial charge in [0.25, 0.3) is 0 Å². The Hall–Kier alpha value is -3.16. The van der Waals surface area contributed by atoms with E-state index in [1.807, 2.05) is 54.6 Å². The Morgan fingerprint density at radius 1 is 1.22 bits per heavy atom. The van der Waals surface area contributed by atoms with E-state index in [-0.39, 0.29) is 11.9 Å². The SMILES string of the molecule is COc1ccc(CN2Cc3nnc(-c4cnn(C)c4C)n3[C@@H](C)C2=O)cc1. The zero-order valence-corrected chi connectivity index (χ0v) is 15.9. The number of hydrogen-bond acceptors (Lipinski definition) is 5. The van der Waals surface area contributed by atoms with E-state index >= 15 is 0 Å². The average Bonchev–Trinajstić information content (AvgIpc) is 3.23. The second kappa shape index (κ2) is 6.53. The van der Waals surface area contributed by atoms with Crippen molar-refractivity contribution in [1.82, 2.24) is 29.4 Å². The lowest BCUT2D eigenvalue weighted by molar-refractivity contribution is -0.137. The molecular formula is C19H22N6O2. The summed E-state index contributed by atoms with van der Waals surface area (Å²) in [6.07, 6.45) is 1.77. The van der Waals surface area contributed by atoms with Crippen molar-refractivity contribution in [2.75, 3.05) is 7.11 Å². The topological polar surface area (TPSA) is 78.1 Å². The number of amides is 1. The van der Waals surface area contributed by atoms with Gasteiger partial charge >= 0.3 is 0 Å². The first-order valence-electron chi connectivity index (χ1n) is 8.84. The van der Waals surface area contributed by atoms with Gasteiger partial charge in [0.1, 0.15) is 11.8 Å². The van der Waals surface area contributed by atoms with Crippen LogP contribution in [0.15, 0.2) is 30.5 Å². The summed E-state index contributed by atoms with van der Waals surface area (Å²) in [7, 11) is 3.52. The van der Waals surface area contributed by atoms with Crippen LogP contribution in [0.4, 0.5) is 0 Å². The maximum atomic E-state index is 13.0. The van der Waals surface area contributed by atoms with E-state index in [2.05, 4.69) is 15.3 Å². The number of carbonyl (C=O) groups is 1. The van der Waals surface area contributed by atoms with Gasteiger partial charge in [-0.3, -0.25) is 14.0 Å². The molecule has 0 unspecified atom stereocenters. The van der Waals surface area contributed by atoms with Crippen molar-refractivity contribution in [3.05, 3.63) is 47.5 Å². The van der Waals surface area contributed by atoms with Crippen molar-refractivity contribution in [1.29, 1.82) is 0 Å². The van der Waals surface area contributed by atoms with E-state index in [4.69, 9.17) is 4.74 Å². The van der Waals surface area contributed by atoms with Gasteiger partial charge in [0, 0.05) is 19.3 Å². The number of aromatic nitrogens is 5. The molecule has 27 heavy (non-hydrogen) atoms. The molecule has 140 valence electrons. The number of methoxy groups -OCH3 is 1. The van der Waals surface area contributed by atoms with Gasteiger partial charge in [0.05, 0.1) is 25.4 Å². The Morgan fingerprint density at radius 3 is 2.59 bits per heavy atom. The molecule has 3 heterocycles. The molecule has 1 aromatic carbocycles. The van der Waals surface area contributed by atoms with Gasteiger partial charge in [-0.1, -0.05) is 12.1 Å². The number of ether oxygens (including phenoxy) is 1. The van der Waals surface area contributed by atoms with E-state index in [1.165, 1.54) is 0 Å². The molecule has 4 rings (SSSR count).